The molecule has 0 radical (unpaired) electrons. The van der Waals surface area contributed by atoms with E-state index in [2.05, 4.69) is 45.5 Å². The second-order valence-electron chi connectivity index (χ2n) is 5.51. The van der Waals surface area contributed by atoms with Crippen molar-refractivity contribution in [2.45, 2.75) is 58.9 Å². The summed E-state index contributed by atoms with van der Waals surface area (Å²) in [5.74, 6) is 1.44. The Hall–Kier alpha value is -1.10. The molecule has 2 rings (SSSR count). The van der Waals surface area contributed by atoms with Gasteiger partial charge in [0.05, 0.1) is 0 Å². The molecule has 118 valence electrons. The van der Waals surface area contributed by atoms with Crippen LogP contribution in [0, 0.1) is 0 Å². The number of anilines is 2. The largest absolute Gasteiger partial charge is 0.341 e. The van der Waals surface area contributed by atoms with Crippen LogP contribution < -0.4 is 9.80 Å². The molecule has 1 unspecified atom stereocenters. The van der Waals surface area contributed by atoms with Crippen molar-refractivity contribution in [2.24, 2.45) is 0 Å². The number of nitrogens with zero attached hydrogens (tertiary/aromatic N) is 5. The normalized spacial score (nSPS) is 18.9. The quantitative estimate of drug-likeness (QED) is 0.804. The number of halogens is 1. The van der Waals surface area contributed by atoms with Crippen LogP contribution in [0.2, 0.25) is 5.28 Å². The van der Waals surface area contributed by atoms with Gasteiger partial charge in [0.1, 0.15) is 0 Å². The molecule has 2 heterocycles. The summed E-state index contributed by atoms with van der Waals surface area (Å²) in [6.45, 7) is 9.18. The lowest BCUT2D eigenvalue weighted by Gasteiger charge is -2.36. The molecule has 0 saturated carbocycles. The molecule has 1 saturated heterocycles. The smallest absolute Gasteiger partial charge is 0.231 e. The van der Waals surface area contributed by atoms with E-state index in [1.807, 2.05) is 0 Å². The van der Waals surface area contributed by atoms with Crippen molar-refractivity contribution in [2.75, 3.05) is 29.4 Å². The number of hydrogen-bond donors (Lipinski definition) is 0. The van der Waals surface area contributed by atoms with E-state index >= 15 is 0 Å². The molecule has 5 nitrogen and oxygen atoms in total. The van der Waals surface area contributed by atoms with Crippen molar-refractivity contribution in [1.82, 2.24) is 15.0 Å². The fraction of sp³-hybridized carbons (Fsp3) is 0.800. The van der Waals surface area contributed by atoms with E-state index in [1.54, 1.807) is 0 Å². The van der Waals surface area contributed by atoms with Crippen LogP contribution in [0.1, 0.15) is 52.9 Å². The van der Waals surface area contributed by atoms with Crippen LogP contribution in [0.4, 0.5) is 11.9 Å². The number of hydrogen-bond acceptors (Lipinski definition) is 5. The van der Waals surface area contributed by atoms with Crippen LogP contribution in [0.3, 0.4) is 0 Å². The van der Waals surface area contributed by atoms with Crippen molar-refractivity contribution in [3.63, 3.8) is 0 Å². The highest BCUT2D eigenvalue weighted by atomic mass is 35.5. The molecule has 0 spiro atoms. The Bertz CT molecular complexity index is 448. The minimum atomic E-state index is 0.294. The first-order valence-corrected chi connectivity index (χ1v) is 8.50. The van der Waals surface area contributed by atoms with Gasteiger partial charge in [0.25, 0.3) is 0 Å². The Labute approximate surface area is 132 Å². The second kappa shape index (κ2) is 7.78. The van der Waals surface area contributed by atoms with Crippen LogP contribution in [0.15, 0.2) is 0 Å². The molecular formula is C15H26ClN5. The Balaban J connectivity index is 2.28. The SMILES string of the molecule is CCCC1CCCCN1c1nc(Cl)nc(N(CC)CC)n1. The third-order valence-corrected chi connectivity index (χ3v) is 4.31. The summed E-state index contributed by atoms with van der Waals surface area (Å²) in [5, 5.41) is 0.294. The number of rotatable bonds is 6. The fourth-order valence-electron chi connectivity index (χ4n) is 3.00. The molecule has 0 aromatic carbocycles. The van der Waals surface area contributed by atoms with E-state index in [1.165, 1.54) is 32.1 Å². The first kappa shape index (κ1) is 16.3. The zero-order valence-electron chi connectivity index (χ0n) is 13.3. The van der Waals surface area contributed by atoms with E-state index in [9.17, 15) is 0 Å². The standard InChI is InChI=1S/C15H26ClN5/c1-4-9-12-10-7-8-11-21(12)15-18-13(16)17-14(19-15)20(5-2)6-3/h12H,4-11H2,1-3H3. The van der Waals surface area contributed by atoms with Crippen LogP contribution in [-0.4, -0.2) is 40.6 Å². The molecule has 1 aromatic heterocycles. The van der Waals surface area contributed by atoms with Gasteiger partial charge in [-0.15, -0.1) is 0 Å². The lowest BCUT2D eigenvalue weighted by Crippen LogP contribution is -2.41. The van der Waals surface area contributed by atoms with Crippen LogP contribution in [0.5, 0.6) is 0 Å². The van der Waals surface area contributed by atoms with Gasteiger partial charge in [-0.3, -0.25) is 0 Å². The van der Waals surface area contributed by atoms with Gasteiger partial charge in [0.15, 0.2) is 0 Å². The van der Waals surface area contributed by atoms with Crippen molar-refractivity contribution >= 4 is 23.5 Å². The maximum atomic E-state index is 6.14. The van der Waals surface area contributed by atoms with Crippen molar-refractivity contribution < 1.29 is 0 Å². The maximum Gasteiger partial charge on any atom is 0.231 e. The van der Waals surface area contributed by atoms with Crippen LogP contribution in [-0.2, 0) is 0 Å². The Kier molecular flexibility index (Phi) is 6.03. The van der Waals surface area contributed by atoms with Gasteiger partial charge in [-0.2, -0.15) is 15.0 Å². The number of piperidine rings is 1. The third kappa shape index (κ3) is 3.96. The molecule has 0 amide bonds. The predicted octanol–water partition coefficient (Wildman–Crippen LogP) is 3.53. The van der Waals surface area contributed by atoms with E-state index in [-0.39, 0.29) is 0 Å². The molecule has 1 atom stereocenters. The highest BCUT2D eigenvalue weighted by Crippen LogP contribution is 2.26. The second-order valence-corrected chi connectivity index (χ2v) is 5.85. The average molecular weight is 312 g/mol. The molecular weight excluding hydrogens is 286 g/mol. The molecule has 0 aliphatic carbocycles. The lowest BCUT2D eigenvalue weighted by molar-refractivity contribution is 0.428. The maximum absolute atomic E-state index is 6.14. The van der Waals surface area contributed by atoms with Crippen molar-refractivity contribution in [1.29, 1.82) is 0 Å². The van der Waals surface area contributed by atoms with Crippen LogP contribution in [0.25, 0.3) is 0 Å². The molecule has 1 fully saturated rings. The summed E-state index contributed by atoms with van der Waals surface area (Å²) in [6.07, 6.45) is 6.08. The monoisotopic (exact) mass is 311 g/mol. The zero-order valence-corrected chi connectivity index (χ0v) is 14.1. The highest BCUT2D eigenvalue weighted by Gasteiger charge is 2.25. The van der Waals surface area contributed by atoms with Gasteiger partial charge in [-0.25, -0.2) is 0 Å². The molecule has 1 aromatic rings. The van der Waals surface area contributed by atoms with Crippen molar-refractivity contribution in [3.05, 3.63) is 5.28 Å². The highest BCUT2D eigenvalue weighted by molar-refractivity contribution is 6.28. The minimum absolute atomic E-state index is 0.294. The summed E-state index contributed by atoms with van der Waals surface area (Å²) in [5.41, 5.74) is 0. The average Bonchev–Trinajstić information content (AvgIpc) is 2.49. The Morgan fingerprint density at radius 3 is 2.57 bits per heavy atom. The summed E-state index contributed by atoms with van der Waals surface area (Å²) in [4.78, 5) is 17.8. The van der Waals surface area contributed by atoms with Crippen molar-refractivity contribution in [3.8, 4) is 0 Å². The summed E-state index contributed by atoms with van der Waals surface area (Å²) in [6, 6.07) is 0.534. The molecule has 0 bridgehead atoms. The molecule has 0 N–H and O–H groups in total. The zero-order chi connectivity index (χ0) is 15.2. The van der Waals surface area contributed by atoms with E-state index in [0.29, 0.717) is 17.3 Å². The first-order chi connectivity index (χ1) is 10.2. The van der Waals surface area contributed by atoms with Gasteiger partial charge < -0.3 is 9.80 Å². The molecule has 1 aliphatic rings. The third-order valence-electron chi connectivity index (χ3n) is 4.14. The van der Waals surface area contributed by atoms with E-state index in [0.717, 1.165) is 25.6 Å². The van der Waals surface area contributed by atoms with Gasteiger partial charge in [0.2, 0.25) is 17.2 Å². The molecule has 6 heteroatoms. The topological polar surface area (TPSA) is 45.2 Å². The van der Waals surface area contributed by atoms with E-state index in [4.69, 9.17) is 11.6 Å². The van der Waals surface area contributed by atoms with E-state index < -0.39 is 0 Å². The predicted molar refractivity (Wildman–Crippen MR) is 88.3 cm³/mol. The van der Waals surface area contributed by atoms with Gasteiger partial charge in [-0.05, 0) is 51.1 Å². The molecule has 1 aliphatic heterocycles. The fourth-order valence-corrected chi connectivity index (χ4v) is 3.15. The van der Waals surface area contributed by atoms with Gasteiger partial charge in [-0.1, -0.05) is 13.3 Å². The molecule has 21 heavy (non-hydrogen) atoms. The van der Waals surface area contributed by atoms with Gasteiger partial charge >= 0.3 is 0 Å². The van der Waals surface area contributed by atoms with Crippen LogP contribution >= 0.6 is 11.6 Å². The Morgan fingerprint density at radius 2 is 1.90 bits per heavy atom. The summed E-state index contributed by atoms with van der Waals surface area (Å²) < 4.78 is 0. The lowest BCUT2D eigenvalue weighted by atomic mass is 9.99. The minimum Gasteiger partial charge on any atom is -0.341 e. The number of aromatic nitrogens is 3. The van der Waals surface area contributed by atoms with Gasteiger partial charge in [0, 0.05) is 25.7 Å². The first-order valence-electron chi connectivity index (χ1n) is 8.12. The summed E-state index contributed by atoms with van der Waals surface area (Å²) >= 11 is 6.14. The Morgan fingerprint density at radius 1 is 1.14 bits per heavy atom. The summed E-state index contributed by atoms with van der Waals surface area (Å²) in [7, 11) is 0.